The zero-order valence-electron chi connectivity index (χ0n) is 19.0. The van der Waals surface area contributed by atoms with Gasteiger partial charge in [0.25, 0.3) is 0 Å². The molecule has 2 N–H and O–H groups in total. The Morgan fingerprint density at radius 3 is 2.38 bits per heavy atom. The van der Waals surface area contributed by atoms with Gasteiger partial charge < -0.3 is 15.3 Å². The summed E-state index contributed by atoms with van der Waals surface area (Å²) in [5.41, 5.74) is 5.63. The molecule has 174 valence electrons. The average molecular weight is 458 g/mol. The van der Waals surface area contributed by atoms with E-state index in [2.05, 4.69) is 32.2 Å². The van der Waals surface area contributed by atoms with Crippen molar-refractivity contribution in [2.75, 3.05) is 49.6 Å². The molecule has 6 nitrogen and oxygen atoms in total. The molecule has 3 aromatic carbocycles. The van der Waals surface area contributed by atoms with Gasteiger partial charge in [-0.1, -0.05) is 42.5 Å². The quantitative estimate of drug-likeness (QED) is 0.422. The summed E-state index contributed by atoms with van der Waals surface area (Å²) in [6.07, 6.45) is 1.81. The number of fused-ring (bicyclic) bond motifs is 1. The second-order valence-electron chi connectivity index (χ2n) is 8.44. The highest BCUT2D eigenvalue weighted by atomic mass is 19.1. The van der Waals surface area contributed by atoms with Crippen LogP contribution in [0.25, 0.3) is 22.0 Å². The van der Waals surface area contributed by atoms with Gasteiger partial charge >= 0.3 is 0 Å². The number of piperazine rings is 1. The van der Waals surface area contributed by atoms with Gasteiger partial charge in [0.2, 0.25) is 5.95 Å². The van der Waals surface area contributed by atoms with Crippen molar-refractivity contribution < 1.29 is 9.50 Å². The van der Waals surface area contributed by atoms with Gasteiger partial charge in [0.05, 0.1) is 12.1 Å². The highest BCUT2D eigenvalue weighted by Gasteiger charge is 2.17. The van der Waals surface area contributed by atoms with Gasteiger partial charge in [-0.3, -0.25) is 4.90 Å². The second kappa shape index (κ2) is 10.2. The zero-order valence-corrected chi connectivity index (χ0v) is 19.0. The molecule has 0 radical (unpaired) electrons. The molecule has 0 bridgehead atoms. The van der Waals surface area contributed by atoms with Gasteiger partial charge in [-0.05, 0) is 35.4 Å². The first-order chi connectivity index (χ1) is 16.7. The van der Waals surface area contributed by atoms with Crippen LogP contribution >= 0.6 is 0 Å². The van der Waals surface area contributed by atoms with Crippen LogP contribution in [0.4, 0.5) is 21.7 Å². The maximum Gasteiger partial charge on any atom is 0.227 e. The predicted octanol–water partition coefficient (Wildman–Crippen LogP) is 4.62. The highest BCUT2D eigenvalue weighted by molar-refractivity contribution is 5.95. The molecule has 34 heavy (non-hydrogen) atoms. The number of hydrogen-bond donors (Lipinski definition) is 2. The third-order valence-electron chi connectivity index (χ3n) is 6.33. The number of nitrogens with one attached hydrogen (secondary N) is 1. The summed E-state index contributed by atoms with van der Waals surface area (Å²) in [7, 11) is 0. The summed E-state index contributed by atoms with van der Waals surface area (Å²) in [6.45, 7) is 3.74. The predicted molar refractivity (Wildman–Crippen MR) is 135 cm³/mol. The third kappa shape index (κ3) is 4.71. The lowest BCUT2D eigenvalue weighted by molar-refractivity contribution is 0.235. The number of hydrogen-bond acceptors (Lipinski definition) is 6. The van der Waals surface area contributed by atoms with Crippen molar-refractivity contribution in [3.8, 4) is 11.1 Å². The lowest BCUT2D eigenvalue weighted by atomic mass is 9.97. The number of aliphatic hydroxyl groups excluding tert-OH is 1. The molecule has 1 aliphatic heterocycles. The van der Waals surface area contributed by atoms with Crippen LogP contribution in [0.3, 0.4) is 0 Å². The van der Waals surface area contributed by atoms with Gasteiger partial charge in [-0.15, -0.1) is 0 Å². The number of aromatic nitrogens is 2. The van der Waals surface area contributed by atoms with Crippen LogP contribution in [-0.4, -0.2) is 59.4 Å². The molecule has 0 spiro atoms. The van der Waals surface area contributed by atoms with E-state index in [-0.39, 0.29) is 13.3 Å². The molecule has 0 saturated carbocycles. The van der Waals surface area contributed by atoms with Gasteiger partial charge in [0.15, 0.2) is 0 Å². The minimum atomic E-state index is -0.286. The van der Waals surface area contributed by atoms with Crippen LogP contribution in [0.15, 0.2) is 72.9 Å². The molecule has 1 aromatic heterocycles. The Morgan fingerprint density at radius 1 is 0.912 bits per heavy atom. The standard InChI is InChI=1S/C27H28FN5O/c28-12-13-32-14-16-33(17-15-32)24-10-8-23(9-11-24)30-27-29-18-21-6-7-22(19-34)25(26(21)31-27)20-4-2-1-3-5-20/h1-11,18,34H,12-17,19H2,(H,29,30,31). The van der Waals surface area contributed by atoms with Crippen molar-refractivity contribution in [2.24, 2.45) is 0 Å². The minimum absolute atomic E-state index is 0.0591. The van der Waals surface area contributed by atoms with Gasteiger partial charge in [0, 0.05) is 61.2 Å². The van der Waals surface area contributed by atoms with E-state index in [4.69, 9.17) is 4.98 Å². The van der Waals surface area contributed by atoms with E-state index in [1.165, 1.54) is 0 Å². The summed E-state index contributed by atoms with van der Waals surface area (Å²) in [5, 5.41) is 14.2. The highest BCUT2D eigenvalue weighted by Crippen LogP contribution is 2.32. The molecule has 7 heteroatoms. The fraction of sp³-hybridized carbons (Fsp3) is 0.259. The second-order valence-corrected chi connectivity index (χ2v) is 8.44. The maximum absolute atomic E-state index is 12.6. The van der Waals surface area contributed by atoms with Crippen LogP contribution < -0.4 is 10.2 Å². The van der Waals surface area contributed by atoms with Crippen molar-refractivity contribution >= 4 is 28.2 Å². The molecule has 5 rings (SSSR count). The Hall–Kier alpha value is -3.55. The van der Waals surface area contributed by atoms with Crippen LogP contribution in [0, 0.1) is 0 Å². The van der Waals surface area contributed by atoms with E-state index < -0.39 is 0 Å². The molecular weight excluding hydrogens is 429 g/mol. The van der Waals surface area contributed by atoms with Gasteiger partial charge in [-0.2, -0.15) is 0 Å². The smallest absolute Gasteiger partial charge is 0.227 e. The number of alkyl halides is 1. The number of nitrogens with zero attached hydrogens (tertiary/aromatic N) is 4. The van der Waals surface area contributed by atoms with E-state index in [9.17, 15) is 9.50 Å². The summed E-state index contributed by atoms with van der Waals surface area (Å²) in [6, 6.07) is 22.1. The third-order valence-corrected chi connectivity index (χ3v) is 6.33. The van der Waals surface area contributed by atoms with Crippen LogP contribution in [-0.2, 0) is 6.61 Å². The molecule has 1 saturated heterocycles. The first-order valence-electron chi connectivity index (χ1n) is 11.6. The summed E-state index contributed by atoms with van der Waals surface area (Å²) >= 11 is 0. The Kier molecular flexibility index (Phi) is 6.65. The van der Waals surface area contributed by atoms with E-state index in [1.54, 1.807) is 0 Å². The lowest BCUT2D eigenvalue weighted by Gasteiger charge is -2.35. The molecule has 4 aromatic rings. The van der Waals surface area contributed by atoms with Crippen molar-refractivity contribution in [2.45, 2.75) is 6.61 Å². The largest absolute Gasteiger partial charge is 0.392 e. The van der Waals surface area contributed by atoms with Gasteiger partial charge in [-0.25, -0.2) is 14.4 Å². The molecule has 0 amide bonds. The maximum atomic E-state index is 12.6. The van der Waals surface area contributed by atoms with E-state index in [1.807, 2.05) is 60.8 Å². The number of aliphatic hydroxyl groups is 1. The Bertz CT molecular complexity index is 1240. The zero-order chi connectivity index (χ0) is 23.3. The molecule has 0 aliphatic carbocycles. The average Bonchev–Trinajstić information content (AvgIpc) is 2.89. The summed E-state index contributed by atoms with van der Waals surface area (Å²) in [4.78, 5) is 13.8. The van der Waals surface area contributed by atoms with Gasteiger partial charge in [0.1, 0.15) is 6.67 Å². The number of anilines is 3. The Balaban J connectivity index is 1.37. The Morgan fingerprint density at radius 2 is 1.68 bits per heavy atom. The number of rotatable bonds is 7. The molecule has 1 fully saturated rings. The normalized spacial score (nSPS) is 14.5. The minimum Gasteiger partial charge on any atom is -0.392 e. The van der Waals surface area contributed by atoms with Crippen molar-refractivity contribution in [1.29, 1.82) is 0 Å². The van der Waals surface area contributed by atoms with E-state index in [0.29, 0.717) is 12.5 Å². The summed E-state index contributed by atoms with van der Waals surface area (Å²) in [5.74, 6) is 0.507. The number of halogens is 1. The number of benzene rings is 3. The molecule has 1 aliphatic rings. The monoisotopic (exact) mass is 457 g/mol. The molecular formula is C27H28FN5O. The van der Waals surface area contributed by atoms with Crippen molar-refractivity contribution in [3.05, 3.63) is 78.5 Å². The van der Waals surface area contributed by atoms with Crippen LogP contribution in [0.1, 0.15) is 5.56 Å². The molecule has 2 heterocycles. The fourth-order valence-corrected chi connectivity index (χ4v) is 4.49. The SMILES string of the molecule is OCc1ccc2cnc(Nc3ccc(N4CCN(CCF)CC4)cc3)nc2c1-c1ccccc1. The van der Waals surface area contributed by atoms with Crippen molar-refractivity contribution in [1.82, 2.24) is 14.9 Å². The van der Waals surface area contributed by atoms with Crippen LogP contribution in [0.2, 0.25) is 0 Å². The topological polar surface area (TPSA) is 64.5 Å². The fourth-order valence-electron chi connectivity index (χ4n) is 4.49. The van der Waals surface area contributed by atoms with E-state index in [0.717, 1.165) is 65.1 Å². The molecule has 0 atom stereocenters. The van der Waals surface area contributed by atoms with Crippen LogP contribution in [0.5, 0.6) is 0 Å². The first-order valence-corrected chi connectivity index (χ1v) is 11.6. The van der Waals surface area contributed by atoms with Crippen molar-refractivity contribution in [3.63, 3.8) is 0 Å². The summed E-state index contributed by atoms with van der Waals surface area (Å²) < 4.78 is 12.6. The first kappa shape index (κ1) is 22.3. The lowest BCUT2D eigenvalue weighted by Crippen LogP contribution is -2.47. The van der Waals surface area contributed by atoms with E-state index >= 15 is 0 Å². The molecule has 0 unspecified atom stereocenters. The Labute approximate surface area is 198 Å².